The monoisotopic (exact) mass is 308 g/mol. The van der Waals surface area contributed by atoms with Crippen molar-refractivity contribution in [1.29, 1.82) is 0 Å². The molecule has 0 bridgehead atoms. The molecule has 1 aromatic carbocycles. The Bertz CT molecular complexity index is 895. The molecule has 114 valence electrons. The van der Waals surface area contributed by atoms with Gasteiger partial charge in [-0.2, -0.15) is 18.3 Å². The maximum absolute atomic E-state index is 13.0. The first-order chi connectivity index (χ1) is 10.4. The molecule has 8 heteroatoms. The van der Waals surface area contributed by atoms with Crippen molar-refractivity contribution in [1.82, 2.24) is 19.3 Å². The van der Waals surface area contributed by atoms with Gasteiger partial charge in [-0.15, -0.1) is 0 Å². The van der Waals surface area contributed by atoms with E-state index in [0.717, 1.165) is 10.6 Å². The molecule has 0 saturated carbocycles. The number of hydrogen-bond donors (Lipinski definition) is 0. The molecule has 2 heterocycles. The first kappa shape index (κ1) is 14.3. The largest absolute Gasteiger partial charge is 0.416 e. The van der Waals surface area contributed by atoms with Crippen LogP contribution < -0.4 is 5.56 Å². The number of benzene rings is 1. The molecule has 0 saturated heterocycles. The maximum Gasteiger partial charge on any atom is 0.416 e. The zero-order valence-corrected chi connectivity index (χ0v) is 11.5. The number of aromatic nitrogens is 4. The lowest BCUT2D eigenvalue weighted by atomic mass is 10.1. The molecule has 0 amide bonds. The molecular formula is C14H11F3N4O. The van der Waals surface area contributed by atoms with E-state index in [9.17, 15) is 18.0 Å². The van der Waals surface area contributed by atoms with Crippen LogP contribution >= 0.6 is 0 Å². The number of hydrogen-bond acceptors (Lipinski definition) is 3. The van der Waals surface area contributed by atoms with Gasteiger partial charge in [-0.1, -0.05) is 18.2 Å². The summed E-state index contributed by atoms with van der Waals surface area (Å²) in [6.45, 7) is -0.202. The number of nitrogens with zero attached hydrogens (tertiary/aromatic N) is 4. The van der Waals surface area contributed by atoms with Crippen LogP contribution in [0.3, 0.4) is 0 Å². The second kappa shape index (κ2) is 4.97. The molecule has 22 heavy (non-hydrogen) atoms. The van der Waals surface area contributed by atoms with E-state index in [2.05, 4.69) is 10.1 Å². The zero-order chi connectivity index (χ0) is 15.9. The van der Waals surface area contributed by atoms with E-state index in [-0.39, 0.29) is 23.1 Å². The van der Waals surface area contributed by atoms with Gasteiger partial charge in [0, 0.05) is 13.2 Å². The molecule has 0 radical (unpaired) electrons. The van der Waals surface area contributed by atoms with Gasteiger partial charge in [0.1, 0.15) is 11.7 Å². The number of fused-ring (bicyclic) bond motifs is 1. The van der Waals surface area contributed by atoms with E-state index in [1.807, 2.05) is 0 Å². The highest BCUT2D eigenvalue weighted by Gasteiger charge is 2.32. The van der Waals surface area contributed by atoms with Crippen molar-refractivity contribution in [3.8, 4) is 0 Å². The average Bonchev–Trinajstić information content (AvgIpc) is 2.83. The molecule has 5 nitrogen and oxygen atoms in total. The lowest BCUT2D eigenvalue weighted by molar-refractivity contribution is -0.138. The fourth-order valence-electron chi connectivity index (χ4n) is 2.29. The first-order valence-corrected chi connectivity index (χ1v) is 6.40. The van der Waals surface area contributed by atoms with E-state index < -0.39 is 17.3 Å². The number of rotatable bonds is 2. The Morgan fingerprint density at radius 3 is 2.68 bits per heavy atom. The first-order valence-electron chi connectivity index (χ1n) is 6.40. The fraction of sp³-hybridized carbons (Fsp3) is 0.214. The number of halogens is 3. The van der Waals surface area contributed by atoms with Crippen molar-refractivity contribution in [3.05, 3.63) is 58.3 Å². The molecule has 2 aromatic heterocycles. The Morgan fingerprint density at radius 2 is 1.95 bits per heavy atom. The van der Waals surface area contributed by atoms with Crippen LogP contribution in [0.1, 0.15) is 11.1 Å². The normalized spacial score (nSPS) is 12.0. The molecule has 0 aliphatic heterocycles. The second-order valence-corrected chi connectivity index (χ2v) is 4.87. The Balaban J connectivity index is 2.08. The van der Waals surface area contributed by atoms with Gasteiger partial charge < -0.3 is 0 Å². The van der Waals surface area contributed by atoms with Crippen LogP contribution in [0.15, 0.2) is 41.6 Å². The van der Waals surface area contributed by atoms with Gasteiger partial charge in [-0.3, -0.25) is 14.0 Å². The molecule has 0 aliphatic rings. The van der Waals surface area contributed by atoms with E-state index in [1.54, 1.807) is 7.05 Å². The highest BCUT2D eigenvalue weighted by Crippen LogP contribution is 2.32. The number of alkyl halides is 3. The quantitative estimate of drug-likeness (QED) is 0.729. The Morgan fingerprint density at radius 1 is 1.23 bits per heavy atom. The Hall–Kier alpha value is -2.64. The summed E-state index contributed by atoms with van der Waals surface area (Å²) in [6, 6.07) is 5.17. The van der Waals surface area contributed by atoms with Crippen LogP contribution in [-0.2, 0) is 19.8 Å². The molecule has 0 aliphatic carbocycles. The third kappa shape index (κ3) is 2.47. The predicted molar refractivity (Wildman–Crippen MR) is 73.3 cm³/mol. The lowest BCUT2D eigenvalue weighted by Crippen LogP contribution is -2.22. The van der Waals surface area contributed by atoms with E-state index >= 15 is 0 Å². The van der Waals surface area contributed by atoms with Gasteiger partial charge in [-0.25, -0.2) is 4.98 Å². The van der Waals surface area contributed by atoms with Crippen molar-refractivity contribution >= 4 is 11.0 Å². The average molecular weight is 308 g/mol. The van der Waals surface area contributed by atoms with Gasteiger partial charge in [0.2, 0.25) is 0 Å². The highest BCUT2D eigenvalue weighted by molar-refractivity contribution is 5.72. The summed E-state index contributed by atoms with van der Waals surface area (Å²) >= 11 is 0. The molecule has 0 unspecified atom stereocenters. The molecule has 0 fully saturated rings. The summed E-state index contributed by atoms with van der Waals surface area (Å²) in [6.07, 6.45) is -1.76. The number of aryl methyl sites for hydroxylation is 1. The minimum Gasteiger partial charge on any atom is -0.294 e. The molecule has 3 aromatic rings. The summed E-state index contributed by atoms with van der Waals surface area (Å²) in [5.41, 5.74) is -0.891. The van der Waals surface area contributed by atoms with Crippen LogP contribution in [0.5, 0.6) is 0 Å². The third-order valence-electron chi connectivity index (χ3n) is 3.28. The van der Waals surface area contributed by atoms with Crippen LogP contribution in [0, 0.1) is 0 Å². The topological polar surface area (TPSA) is 52.7 Å². The van der Waals surface area contributed by atoms with Crippen LogP contribution in [-0.4, -0.2) is 19.3 Å². The van der Waals surface area contributed by atoms with Crippen LogP contribution in [0.2, 0.25) is 0 Å². The van der Waals surface area contributed by atoms with E-state index in [1.165, 1.54) is 35.4 Å². The zero-order valence-electron chi connectivity index (χ0n) is 11.5. The molecule has 3 rings (SSSR count). The standard InChI is InChI=1S/C14H11F3N4O/c1-20-7-10-12(19-20)18-8-21(13(10)22)6-9-4-2-3-5-11(9)14(15,16)17/h2-5,7-8H,6H2,1H3. The SMILES string of the molecule is Cn1cc2c(=O)n(Cc3ccccc3C(F)(F)F)cnc2n1. The van der Waals surface area contributed by atoms with Crippen molar-refractivity contribution in [2.45, 2.75) is 12.7 Å². The summed E-state index contributed by atoms with van der Waals surface area (Å²) in [5.74, 6) is 0. The second-order valence-electron chi connectivity index (χ2n) is 4.87. The predicted octanol–water partition coefficient (Wildman–Crippen LogP) is 2.20. The van der Waals surface area contributed by atoms with Crippen molar-refractivity contribution in [2.24, 2.45) is 7.05 Å². The molecular weight excluding hydrogens is 297 g/mol. The Kier molecular flexibility index (Phi) is 3.23. The minimum atomic E-state index is -4.47. The molecule has 0 atom stereocenters. The summed E-state index contributed by atoms with van der Waals surface area (Å²) in [4.78, 5) is 16.3. The van der Waals surface area contributed by atoms with Crippen LogP contribution in [0.25, 0.3) is 11.0 Å². The smallest absolute Gasteiger partial charge is 0.294 e. The van der Waals surface area contributed by atoms with Crippen molar-refractivity contribution in [3.63, 3.8) is 0 Å². The van der Waals surface area contributed by atoms with Gasteiger partial charge in [0.15, 0.2) is 5.65 Å². The highest BCUT2D eigenvalue weighted by atomic mass is 19.4. The fourth-order valence-corrected chi connectivity index (χ4v) is 2.29. The van der Waals surface area contributed by atoms with Gasteiger partial charge in [-0.05, 0) is 11.6 Å². The van der Waals surface area contributed by atoms with Crippen molar-refractivity contribution in [2.75, 3.05) is 0 Å². The van der Waals surface area contributed by atoms with E-state index in [4.69, 9.17) is 0 Å². The maximum atomic E-state index is 13.0. The van der Waals surface area contributed by atoms with Gasteiger partial charge >= 0.3 is 6.18 Å². The van der Waals surface area contributed by atoms with E-state index in [0.29, 0.717) is 0 Å². The van der Waals surface area contributed by atoms with Crippen molar-refractivity contribution < 1.29 is 13.2 Å². The molecule has 0 N–H and O–H groups in total. The van der Waals surface area contributed by atoms with Gasteiger partial charge in [0.25, 0.3) is 5.56 Å². The lowest BCUT2D eigenvalue weighted by Gasteiger charge is -2.13. The summed E-state index contributed by atoms with van der Waals surface area (Å²) in [7, 11) is 1.64. The third-order valence-corrected chi connectivity index (χ3v) is 3.28. The Labute approximate surface area is 122 Å². The van der Waals surface area contributed by atoms with Gasteiger partial charge in [0.05, 0.1) is 12.1 Å². The minimum absolute atomic E-state index is 0.0159. The molecule has 0 spiro atoms. The summed E-state index contributed by atoms with van der Waals surface area (Å²) < 4.78 is 41.6. The van der Waals surface area contributed by atoms with Crippen LogP contribution in [0.4, 0.5) is 13.2 Å². The summed E-state index contributed by atoms with van der Waals surface area (Å²) in [5, 5.41) is 4.26.